The average molecular weight is 340 g/mol. The number of rotatable bonds is 2. The third-order valence-electron chi connectivity index (χ3n) is 4.86. The number of nitrogens with one attached hydrogen (secondary N) is 3. The number of hydrazine groups is 1. The van der Waals surface area contributed by atoms with Crippen LogP contribution in [0.1, 0.15) is 0 Å². The summed E-state index contributed by atoms with van der Waals surface area (Å²) in [6, 6.07) is 6.65. The Kier molecular flexibility index (Phi) is 3.93. The molecular weight excluding hydrogens is 320 g/mol. The highest BCUT2D eigenvalue weighted by Crippen LogP contribution is 2.30. The molecule has 3 unspecified atom stereocenters. The number of benzene rings is 1. The first-order valence-electron chi connectivity index (χ1n) is 8.32. The number of likely N-dealkylation sites (N-methyl/N-ethyl adjacent to an activating group) is 1. The van der Waals surface area contributed by atoms with Crippen LogP contribution in [0.15, 0.2) is 48.2 Å². The predicted octanol–water partition coefficient (Wildman–Crippen LogP) is 0.321. The zero-order valence-electron chi connectivity index (χ0n) is 13.9. The summed E-state index contributed by atoms with van der Waals surface area (Å²) in [5.74, 6) is 0.0326. The van der Waals surface area contributed by atoms with E-state index in [2.05, 4.69) is 16.2 Å². The molecule has 1 aliphatic carbocycles. The van der Waals surface area contributed by atoms with Crippen molar-refractivity contribution in [3.63, 3.8) is 0 Å². The van der Waals surface area contributed by atoms with Crippen molar-refractivity contribution in [2.24, 2.45) is 11.8 Å². The Morgan fingerprint density at radius 1 is 1.36 bits per heavy atom. The van der Waals surface area contributed by atoms with Gasteiger partial charge in [0, 0.05) is 25.2 Å². The first-order valence-corrected chi connectivity index (χ1v) is 8.32. The van der Waals surface area contributed by atoms with Crippen molar-refractivity contribution in [2.75, 3.05) is 25.1 Å². The van der Waals surface area contributed by atoms with E-state index in [1.165, 1.54) is 4.90 Å². The van der Waals surface area contributed by atoms with Gasteiger partial charge in [-0.15, -0.1) is 0 Å². The topological polar surface area (TPSA) is 82.7 Å². The number of allylic oxidation sites excluding steroid dienone is 2. The summed E-state index contributed by atoms with van der Waals surface area (Å²) < 4.78 is 5.75. The highest BCUT2D eigenvalue weighted by atomic mass is 16.5. The Morgan fingerprint density at radius 2 is 2.20 bits per heavy atom. The maximum Gasteiger partial charge on any atom is 0.252 e. The van der Waals surface area contributed by atoms with Crippen LogP contribution in [0.4, 0.5) is 5.69 Å². The highest BCUT2D eigenvalue weighted by Gasteiger charge is 2.37. The van der Waals surface area contributed by atoms with Crippen molar-refractivity contribution < 1.29 is 14.3 Å². The minimum absolute atomic E-state index is 0.0572. The number of fused-ring (bicyclic) bond motifs is 2. The first-order chi connectivity index (χ1) is 12.1. The summed E-state index contributed by atoms with van der Waals surface area (Å²) in [5.41, 5.74) is 7.82. The molecule has 0 spiro atoms. The van der Waals surface area contributed by atoms with E-state index in [0.717, 1.165) is 5.70 Å². The van der Waals surface area contributed by atoms with Crippen LogP contribution in [-0.4, -0.2) is 38.1 Å². The van der Waals surface area contributed by atoms with Gasteiger partial charge in [0.2, 0.25) is 5.91 Å². The lowest BCUT2D eigenvalue weighted by molar-refractivity contribution is -0.130. The number of amides is 2. The van der Waals surface area contributed by atoms with Crippen LogP contribution in [0, 0.1) is 11.8 Å². The average Bonchev–Trinajstić information content (AvgIpc) is 3.08. The molecule has 0 saturated carbocycles. The molecule has 7 nitrogen and oxygen atoms in total. The summed E-state index contributed by atoms with van der Waals surface area (Å²) in [6.07, 6.45) is 5.70. The van der Waals surface area contributed by atoms with Gasteiger partial charge in [-0.05, 0) is 18.2 Å². The van der Waals surface area contributed by atoms with Gasteiger partial charge >= 0.3 is 0 Å². The molecule has 7 heteroatoms. The number of ether oxygens (including phenoxy) is 1. The van der Waals surface area contributed by atoms with Crippen molar-refractivity contribution in [1.82, 2.24) is 16.2 Å². The number of carbonyl (C=O) groups is 2. The lowest BCUT2D eigenvalue weighted by Gasteiger charge is -2.25. The molecule has 0 aromatic heterocycles. The Bertz CT molecular complexity index is 773. The van der Waals surface area contributed by atoms with Crippen molar-refractivity contribution in [1.29, 1.82) is 0 Å². The zero-order valence-corrected chi connectivity index (χ0v) is 13.9. The second-order valence-electron chi connectivity index (χ2n) is 6.38. The molecule has 2 heterocycles. The first kappa shape index (κ1) is 15.7. The molecule has 130 valence electrons. The zero-order chi connectivity index (χ0) is 17.4. The van der Waals surface area contributed by atoms with Crippen molar-refractivity contribution in [2.45, 2.75) is 6.04 Å². The standard InChI is InChI=1S/C18H20N4O3/c1-22-15-7-2-3-8-16(15)25-10-14(18(22)24)20-17(23)11-5-4-6-13-12(11)9-19-21-13/h2-8,11-12,14,19,21H,9-10H2,1H3,(H,20,23). The Morgan fingerprint density at radius 3 is 3.08 bits per heavy atom. The molecule has 25 heavy (non-hydrogen) atoms. The molecule has 1 saturated heterocycles. The fraction of sp³-hybridized carbons (Fsp3) is 0.333. The summed E-state index contributed by atoms with van der Waals surface area (Å²) in [7, 11) is 1.70. The Balaban J connectivity index is 1.50. The van der Waals surface area contributed by atoms with E-state index in [-0.39, 0.29) is 30.3 Å². The van der Waals surface area contributed by atoms with E-state index >= 15 is 0 Å². The van der Waals surface area contributed by atoms with Crippen LogP contribution in [-0.2, 0) is 9.59 Å². The minimum atomic E-state index is -0.713. The number of hydrogen-bond acceptors (Lipinski definition) is 5. The van der Waals surface area contributed by atoms with Gasteiger partial charge in [-0.1, -0.05) is 24.3 Å². The van der Waals surface area contributed by atoms with E-state index in [4.69, 9.17) is 4.74 Å². The molecule has 3 N–H and O–H groups in total. The minimum Gasteiger partial charge on any atom is -0.489 e. The molecule has 3 atom stereocenters. The molecular formula is C18H20N4O3. The van der Waals surface area contributed by atoms with Gasteiger partial charge in [0.25, 0.3) is 5.91 Å². The smallest absolute Gasteiger partial charge is 0.252 e. The maximum absolute atomic E-state index is 12.8. The molecule has 0 bridgehead atoms. The second kappa shape index (κ2) is 6.25. The fourth-order valence-corrected chi connectivity index (χ4v) is 3.46. The third-order valence-corrected chi connectivity index (χ3v) is 4.86. The molecule has 1 fully saturated rings. The van der Waals surface area contributed by atoms with Gasteiger partial charge < -0.3 is 20.4 Å². The molecule has 2 aliphatic heterocycles. The molecule has 2 amide bonds. The van der Waals surface area contributed by atoms with Crippen molar-refractivity contribution in [3.8, 4) is 5.75 Å². The van der Waals surface area contributed by atoms with Crippen LogP contribution in [0.3, 0.4) is 0 Å². The molecule has 4 rings (SSSR count). The van der Waals surface area contributed by atoms with E-state index < -0.39 is 6.04 Å². The van der Waals surface area contributed by atoms with Gasteiger partial charge in [-0.2, -0.15) is 0 Å². The molecule has 1 aromatic rings. The lowest BCUT2D eigenvalue weighted by Crippen LogP contribution is -2.51. The van der Waals surface area contributed by atoms with E-state index in [0.29, 0.717) is 18.0 Å². The van der Waals surface area contributed by atoms with Gasteiger partial charge in [0.15, 0.2) is 0 Å². The van der Waals surface area contributed by atoms with Crippen LogP contribution in [0.5, 0.6) is 5.75 Å². The molecule has 3 aliphatic rings. The summed E-state index contributed by atoms with van der Waals surface area (Å²) >= 11 is 0. The number of carbonyl (C=O) groups excluding carboxylic acids is 2. The largest absolute Gasteiger partial charge is 0.489 e. The normalized spacial score (nSPS) is 27.4. The van der Waals surface area contributed by atoms with Crippen molar-refractivity contribution >= 4 is 17.5 Å². The van der Waals surface area contributed by atoms with E-state index in [1.54, 1.807) is 7.05 Å². The number of hydrogen-bond donors (Lipinski definition) is 3. The fourth-order valence-electron chi connectivity index (χ4n) is 3.46. The third kappa shape index (κ3) is 2.76. The Labute approximate surface area is 145 Å². The maximum atomic E-state index is 12.8. The molecule has 1 aromatic carbocycles. The van der Waals surface area contributed by atoms with Gasteiger partial charge in [0.05, 0.1) is 11.6 Å². The predicted molar refractivity (Wildman–Crippen MR) is 92.6 cm³/mol. The van der Waals surface area contributed by atoms with Crippen molar-refractivity contribution in [3.05, 3.63) is 48.2 Å². The highest BCUT2D eigenvalue weighted by molar-refractivity contribution is 6.01. The van der Waals surface area contributed by atoms with E-state index in [9.17, 15) is 9.59 Å². The van der Waals surface area contributed by atoms with Gasteiger partial charge in [-0.25, -0.2) is 5.43 Å². The van der Waals surface area contributed by atoms with Crippen LogP contribution in [0.25, 0.3) is 0 Å². The SMILES string of the molecule is CN1C(=O)C(NC(=O)C2C=CC=C3NNCC32)COc2ccccc21. The monoisotopic (exact) mass is 340 g/mol. The Hall–Kier alpha value is -2.80. The van der Waals surface area contributed by atoms with E-state index in [1.807, 2.05) is 42.5 Å². The van der Waals surface area contributed by atoms with Crippen LogP contribution < -0.4 is 25.8 Å². The summed E-state index contributed by atoms with van der Waals surface area (Å²) in [6.45, 7) is 0.793. The summed E-state index contributed by atoms with van der Waals surface area (Å²) in [5, 5.41) is 2.87. The van der Waals surface area contributed by atoms with Crippen LogP contribution >= 0.6 is 0 Å². The second-order valence-corrected chi connectivity index (χ2v) is 6.38. The molecule has 0 radical (unpaired) electrons. The quantitative estimate of drug-likeness (QED) is 0.722. The van der Waals surface area contributed by atoms with Gasteiger partial charge in [0.1, 0.15) is 18.4 Å². The number of nitrogens with zero attached hydrogens (tertiary/aromatic N) is 1. The van der Waals surface area contributed by atoms with Crippen LogP contribution in [0.2, 0.25) is 0 Å². The summed E-state index contributed by atoms with van der Waals surface area (Å²) in [4.78, 5) is 27.0. The lowest BCUT2D eigenvalue weighted by atomic mass is 9.86. The number of anilines is 1. The number of para-hydroxylation sites is 2. The van der Waals surface area contributed by atoms with Gasteiger partial charge in [-0.3, -0.25) is 9.59 Å².